The third-order valence-electron chi connectivity index (χ3n) is 4.87. The Kier molecular flexibility index (Phi) is 5.65. The number of aromatic nitrogens is 2. The van der Waals surface area contributed by atoms with Gasteiger partial charge in [0.05, 0.1) is 22.9 Å². The summed E-state index contributed by atoms with van der Waals surface area (Å²) >= 11 is 5.94. The van der Waals surface area contributed by atoms with E-state index in [9.17, 15) is 4.79 Å². The first-order valence-corrected chi connectivity index (χ1v) is 9.71. The lowest BCUT2D eigenvalue weighted by atomic mass is 10.2. The van der Waals surface area contributed by atoms with Gasteiger partial charge in [-0.1, -0.05) is 35.9 Å². The second kappa shape index (κ2) is 8.50. The largest absolute Gasteiger partial charge is 0.337 e. The maximum absolute atomic E-state index is 12.5. The number of benzene rings is 2. The van der Waals surface area contributed by atoms with Crippen molar-refractivity contribution in [2.24, 2.45) is 0 Å². The summed E-state index contributed by atoms with van der Waals surface area (Å²) in [5, 5.41) is 0.752. The lowest BCUT2D eigenvalue weighted by Gasteiger charge is -2.34. The molecule has 0 N–H and O–H groups in total. The molecule has 1 aliphatic heterocycles. The topological polar surface area (TPSA) is 49.3 Å². The van der Waals surface area contributed by atoms with Crippen LogP contribution in [0.15, 0.2) is 60.8 Å². The van der Waals surface area contributed by atoms with Crippen molar-refractivity contribution >= 4 is 34.6 Å². The van der Waals surface area contributed by atoms with E-state index in [-0.39, 0.29) is 5.91 Å². The molecule has 142 valence electrons. The predicted octanol–water partition coefficient (Wildman–Crippen LogP) is 3.64. The Morgan fingerprint density at radius 3 is 2.46 bits per heavy atom. The number of carbonyl (C=O) groups excluding carboxylic acids is 1. The molecule has 2 heterocycles. The molecule has 0 spiro atoms. The van der Waals surface area contributed by atoms with Gasteiger partial charge in [-0.3, -0.25) is 14.7 Å². The summed E-state index contributed by atoms with van der Waals surface area (Å²) < 4.78 is 0. The minimum atomic E-state index is 0.0149. The van der Waals surface area contributed by atoms with E-state index in [0.717, 1.165) is 48.8 Å². The molecule has 5 nitrogen and oxygen atoms in total. The van der Waals surface area contributed by atoms with Gasteiger partial charge in [0.2, 0.25) is 5.91 Å². The molecule has 0 saturated carbocycles. The van der Waals surface area contributed by atoms with Gasteiger partial charge in [-0.25, -0.2) is 4.98 Å². The molecule has 0 unspecified atom stereocenters. The van der Waals surface area contributed by atoms with Gasteiger partial charge in [-0.2, -0.15) is 0 Å². The molecule has 1 aliphatic rings. The fourth-order valence-electron chi connectivity index (χ4n) is 3.29. The zero-order chi connectivity index (χ0) is 19.3. The number of amides is 1. The maximum Gasteiger partial charge on any atom is 0.246 e. The van der Waals surface area contributed by atoms with Gasteiger partial charge in [0.25, 0.3) is 0 Å². The summed E-state index contributed by atoms with van der Waals surface area (Å²) in [6, 6.07) is 15.6. The van der Waals surface area contributed by atoms with Crippen LogP contribution >= 0.6 is 11.6 Å². The molecule has 6 heteroatoms. The molecule has 0 atom stereocenters. The van der Waals surface area contributed by atoms with Crippen molar-refractivity contribution in [1.82, 2.24) is 19.8 Å². The third-order valence-corrected chi connectivity index (χ3v) is 5.12. The van der Waals surface area contributed by atoms with Gasteiger partial charge in [0.15, 0.2) is 0 Å². The van der Waals surface area contributed by atoms with E-state index in [1.165, 1.54) is 5.56 Å². The Morgan fingerprint density at radius 1 is 1.00 bits per heavy atom. The molecule has 1 aromatic heterocycles. The van der Waals surface area contributed by atoms with E-state index < -0.39 is 0 Å². The van der Waals surface area contributed by atoms with Crippen molar-refractivity contribution in [3.63, 3.8) is 0 Å². The SMILES string of the molecule is O=C(/C=C/c1cnc2ccccc2n1)N1CCN(Cc2ccc(Cl)cc2)CC1. The van der Waals surface area contributed by atoms with Gasteiger partial charge in [-0.05, 0) is 35.9 Å². The number of nitrogens with zero attached hydrogens (tertiary/aromatic N) is 4. The zero-order valence-electron chi connectivity index (χ0n) is 15.5. The predicted molar refractivity (Wildman–Crippen MR) is 112 cm³/mol. The first kappa shape index (κ1) is 18.6. The van der Waals surface area contributed by atoms with Crippen molar-refractivity contribution in [2.75, 3.05) is 26.2 Å². The van der Waals surface area contributed by atoms with E-state index in [1.807, 2.05) is 53.4 Å². The van der Waals surface area contributed by atoms with Crippen LogP contribution in [0.3, 0.4) is 0 Å². The average molecular weight is 393 g/mol. The zero-order valence-corrected chi connectivity index (χ0v) is 16.2. The lowest BCUT2D eigenvalue weighted by Crippen LogP contribution is -2.47. The lowest BCUT2D eigenvalue weighted by molar-refractivity contribution is -0.127. The van der Waals surface area contributed by atoms with Crippen molar-refractivity contribution in [2.45, 2.75) is 6.54 Å². The molecule has 4 rings (SSSR count). The number of piperazine rings is 1. The Morgan fingerprint density at radius 2 is 1.71 bits per heavy atom. The second-order valence-corrected chi connectivity index (χ2v) is 7.28. The van der Waals surface area contributed by atoms with Crippen LogP contribution in [-0.2, 0) is 11.3 Å². The quantitative estimate of drug-likeness (QED) is 0.636. The average Bonchev–Trinajstić information content (AvgIpc) is 2.74. The number of rotatable bonds is 4. The number of hydrogen-bond donors (Lipinski definition) is 0. The maximum atomic E-state index is 12.5. The Balaban J connectivity index is 1.31. The molecule has 0 bridgehead atoms. The van der Waals surface area contributed by atoms with Crippen molar-refractivity contribution < 1.29 is 4.79 Å². The van der Waals surface area contributed by atoms with Gasteiger partial charge < -0.3 is 4.90 Å². The van der Waals surface area contributed by atoms with E-state index in [4.69, 9.17) is 11.6 Å². The fraction of sp³-hybridized carbons (Fsp3) is 0.227. The summed E-state index contributed by atoms with van der Waals surface area (Å²) in [5.74, 6) is 0.0149. The van der Waals surface area contributed by atoms with Crippen LogP contribution < -0.4 is 0 Å². The standard InChI is InChI=1S/C22H21ClN4O/c23-18-7-5-17(6-8-18)16-26-11-13-27(14-12-26)22(28)10-9-19-15-24-20-3-1-2-4-21(20)25-19/h1-10,15H,11-14,16H2/b10-9+. The van der Waals surface area contributed by atoms with Crippen LogP contribution in [0.4, 0.5) is 0 Å². The molecular formula is C22H21ClN4O. The molecule has 28 heavy (non-hydrogen) atoms. The highest BCUT2D eigenvalue weighted by Gasteiger charge is 2.19. The molecule has 1 fully saturated rings. The van der Waals surface area contributed by atoms with Crippen molar-refractivity contribution in [1.29, 1.82) is 0 Å². The van der Waals surface area contributed by atoms with Crippen molar-refractivity contribution in [3.8, 4) is 0 Å². The van der Waals surface area contributed by atoms with Crippen LogP contribution in [0.1, 0.15) is 11.3 Å². The first-order chi connectivity index (χ1) is 13.7. The summed E-state index contributed by atoms with van der Waals surface area (Å²) in [5.41, 5.74) is 3.60. The Bertz CT molecular complexity index is 995. The van der Waals surface area contributed by atoms with Gasteiger partial charge in [0.1, 0.15) is 0 Å². The number of fused-ring (bicyclic) bond motifs is 1. The first-order valence-electron chi connectivity index (χ1n) is 9.33. The van der Waals surface area contributed by atoms with Crippen LogP contribution in [0.5, 0.6) is 0 Å². The van der Waals surface area contributed by atoms with Crippen LogP contribution in [0.25, 0.3) is 17.1 Å². The van der Waals surface area contributed by atoms with Gasteiger partial charge in [0, 0.05) is 43.8 Å². The molecule has 0 aliphatic carbocycles. The highest BCUT2D eigenvalue weighted by molar-refractivity contribution is 6.30. The molecule has 1 amide bonds. The molecule has 1 saturated heterocycles. The molecule has 2 aromatic carbocycles. The number of para-hydroxylation sites is 2. The Labute approximate surface area is 169 Å². The summed E-state index contributed by atoms with van der Waals surface area (Å²) in [6.07, 6.45) is 5.02. The minimum absolute atomic E-state index is 0.0149. The highest BCUT2D eigenvalue weighted by atomic mass is 35.5. The second-order valence-electron chi connectivity index (χ2n) is 6.84. The minimum Gasteiger partial charge on any atom is -0.337 e. The third kappa shape index (κ3) is 4.55. The van der Waals surface area contributed by atoms with Crippen LogP contribution in [0.2, 0.25) is 5.02 Å². The van der Waals surface area contributed by atoms with Gasteiger partial charge >= 0.3 is 0 Å². The molecule has 3 aromatic rings. The van der Waals surface area contributed by atoms with Gasteiger partial charge in [-0.15, -0.1) is 0 Å². The monoisotopic (exact) mass is 392 g/mol. The summed E-state index contributed by atoms with van der Waals surface area (Å²) in [4.78, 5) is 25.6. The highest BCUT2D eigenvalue weighted by Crippen LogP contribution is 2.13. The smallest absolute Gasteiger partial charge is 0.246 e. The Hall–Kier alpha value is -2.76. The van der Waals surface area contributed by atoms with Crippen LogP contribution in [-0.4, -0.2) is 51.9 Å². The fourth-order valence-corrected chi connectivity index (χ4v) is 3.41. The van der Waals surface area contributed by atoms with E-state index in [1.54, 1.807) is 18.3 Å². The van der Waals surface area contributed by atoms with Crippen LogP contribution in [0, 0.1) is 0 Å². The molecular weight excluding hydrogens is 372 g/mol. The normalized spacial score (nSPS) is 15.4. The van der Waals surface area contributed by atoms with E-state index in [2.05, 4.69) is 14.9 Å². The van der Waals surface area contributed by atoms with E-state index >= 15 is 0 Å². The summed E-state index contributed by atoms with van der Waals surface area (Å²) in [6.45, 7) is 4.04. The number of carbonyl (C=O) groups is 1. The summed E-state index contributed by atoms with van der Waals surface area (Å²) in [7, 11) is 0. The van der Waals surface area contributed by atoms with Crippen molar-refractivity contribution in [3.05, 3.63) is 77.1 Å². The van der Waals surface area contributed by atoms with E-state index in [0.29, 0.717) is 5.69 Å². The number of halogens is 1. The molecule has 0 radical (unpaired) electrons. The number of hydrogen-bond acceptors (Lipinski definition) is 4.